The van der Waals surface area contributed by atoms with Gasteiger partial charge < -0.3 is 47.7 Å². The van der Waals surface area contributed by atoms with Crippen molar-refractivity contribution in [1.29, 1.82) is 0 Å². The van der Waals surface area contributed by atoms with Gasteiger partial charge in [-0.15, -0.1) is 0 Å². The van der Waals surface area contributed by atoms with E-state index in [1.165, 1.54) is 0 Å². The summed E-state index contributed by atoms with van der Waals surface area (Å²) in [7, 11) is -16.2. The fourth-order valence-corrected chi connectivity index (χ4v) is 1.10. The van der Waals surface area contributed by atoms with Crippen LogP contribution in [0, 0.1) is 0 Å². The smallest absolute Gasteiger partial charge is 0.790 e. The van der Waals surface area contributed by atoms with Crippen LogP contribution in [0.1, 0.15) is 0 Å². The van der Waals surface area contributed by atoms with E-state index in [1.807, 2.05) is 0 Å². The van der Waals surface area contributed by atoms with Crippen molar-refractivity contribution >= 4 is 23.5 Å². The van der Waals surface area contributed by atoms with Crippen molar-refractivity contribution in [3.05, 3.63) is 0 Å². The summed E-state index contributed by atoms with van der Waals surface area (Å²) in [6.07, 6.45) is 0. The first kappa shape index (κ1) is 32.0. The average Bonchev–Trinajstić information content (AvgIpc) is 1.42. The van der Waals surface area contributed by atoms with Gasteiger partial charge in [-0.2, -0.15) is 0 Å². The summed E-state index contributed by atoms with van der Waals surface area (Å²) in [6.45, 7) is 0. The van der Waals surface area contributed by atoms with E-state index in [2.05, 4.69) is 4.31 Å². The zero-order chi connectivity index (χ0) is 12.2. The van der Waals surface area contributed by atoms with Gasteiger partial charge >= 0.3 is 76.2 Å². The third-order valence-electron chi connectivity index (χ3n) is 0.200. The topological polar surface area (TPSA) is 216 Å². The SMILES string of the molecule is O=P([O-])(O)O.O=P([O-])([O-])OP(=O)([O-])[O-].[Fe+3].[Na+].[Na+]. The van der Waals surface area contributed by atoms with E-state index in [4.69, 9.17) is 19.2 Å². The minimum absolute atomic E-state index is 0. The Labute approximate surface area is 150 Å². The molecule has 17 heavy (non-hydrogen) atoms. The van der Waals surface area contributed by atoms with E-state index >= 15 is 0 Å². The molecular formula is H2FeNa2O11P3. The predicted molar refractivity (Wildman–Crippen MR) is 28.3 cm³/mol. The summed E-state index contributed by atoms with van der Waals surface area (Å²) >= 11 is 0. The summed E-state index contributed by atoms with van der Waals surface area (Å²) in [6, 6.07) is 0. The number of hydrogen-bond donors (Lipinski definition) is 2. The molecule has 0 fully saturated rings. The second-order valence-corrected chi connectivity index (χ2v) is 4.89. The van der Waals surface area contributed by atoms with Crippen molar-refractivity contribution in [3.8, 4) is 0 Å². The number of hydrogen-bond acceptors (Lipinski definition) is 9. The molecule has 0 saturated carbocycles. The first-order valence-electron chi connectivity index (χ1n) is 2.23. The standard InChI is InChI=1S/Fe.2Na.H4O7P2.H3O4P/c;;;1-8(2,3)7-9(4,5)6;1-5(2,3)4/h;;;(H2,1,2,3)(H2,4,5,6);(H3,1,2,3,4)/q+3;2*+1;;/p-5. The Morgan fingerprint density at radius 2 is 0.882 bits per heavy atom. The van der Waals surface area contributed by atoms with Gasteiger partial charge in [-0.3, -0.25) is 4.57 Å². The molecule has 0 atom stereocenters. The maximum atomic E-state index is 9.32. The summed E-state index contributed by atoms with van der Waals surface area (Å²) in [5.74, 6) is 0. The molecule has 11 nitrogen and oxygen atoms in total. The minimum Gasteiger partial charge on any atom is -0.790 e. The fraction of sp³-hybridized carbons (Fsp3) is 0. The average molecular weight is 373 g/mol. The van der Waals surface area contributed by atoms with Crippen molar-refractivity contribution < 1.29 is 128 Å². The molecule has 0 bridgehead atoms. The van der Waals surface area contributed by atoms with Crippen LogP contribution in [0.5, 0.6) is 0 Å². The van der Waals surface area contributed by atoms with Crippen molar-refractivity contribution in [2.24, 2.45) is 0 Å². The Hall–Kier alpha value is 2.89. The fourth-order valence-electron chi connectivity index (χ4n) is 0.122. The molecule has 1 radical (unpaired) electrons. The van der Waals surface area contributed by atoms with Crippen LogP contribution in [0.4, 0.5) is 0 Å². The maximum absolute atomic E-state index is 9.32. The predicted octanol–water partition coefficient (Wildman–Crippen LogP) is -10.9. The van der Waals surface area contributed by atoms with Gasteiger partial charge in [0.2, 0.25) is 0 Å². The summed E-state index contributed by atoms with van der Waals surface area (Å²) < 4.78 is 29.9. The molecule has 2 N–H and O–H groups in total. The first-order chi connectivity index (χ1) is 5.71. The van der Waals surface area contributed by atoms with Crippen LogP contribution in [0.2, 0.25) is 0 Å². The van der Waals surface area contributed by atoms with Gasteiger partial charge in [-0.25, -0.2) is 0 Å². The normalized spacial score (nSPS) is 10.8. The zero-order valence-corrected chi connectivity index (χ0v) is 16.1. The third-order valence-corrected chi connectivity index (χ3v) is 1.80. The van der Waals surface area contributed by atoms with Crippen LogP contribution in [0.3, 0.4) is 0 Å². The van der Waals surface area contributed by atoms with Gasteiger partial charge in [-0.1, -0.05) is 0 Å². The van der Waals surface area contributed by atoms with Crippen molar-refractivity contribution in [2.45, 2.75) is 0 Å². The molecule has 0 rings (SSSR count). The van der Waals surface area contributed by atoms with Crippen molar-refractivity contribution in [2.75, 3.05) is 0 Å². The molecule has 0 aromatic rings. The molecule has 0 aromatic carbocycles. The van der Waals surface area contributed by atoms with E-state index in [-0.39, 0.29) is 76.2 Å². The van der Waals surface area contributed by atoms with Gasteiger partial charge in [0.15, 0.2) is 0 Å². The van der Waals surface area contributed by atoms with E-state index < -0.39 is 23.5 Å². The third kappa shape index (κ3) is 68.2. The molecule has 93 valence electrons. The van der Waals surface area contributed by atoms with Gasteiger partial charge in [-0.05, 0) is 0 Å². The molecule has 0 amide bonds. The quantitative estimate of drug-likeness (QED) is 0.342. The Bertz CT molecular complexity index is 268. The van der Waals surface area contributed by atoms with Gasteiger partial charge in [0, 0.05) is 0 Å². The van der Waals surface area contributed by atoms with Gasteiger partial charge in [0.25, 0.3) is 7.82 Å². The van der Waals surface area contributed by atoms with Crippen LogP contribution in [-0.2, 0) is 35.1 Å². The Kier molecular flexibility index (Phi) is 23.8. The largest absolute Gasteiger partial charge is 3.00 e. The van der Waals surface area contributed by atoms with Crippen molar-refractivity contribution in [3.63, 3.8) is 0 Å². The van der Waals surface area contributed by atoms with Crippen LogP contribution >= 0.6 is 23.5 Å². The molecule has 0 aromatic heterocycles. The molecule has 0 saturated heterocycles. The number of rotatable bonds is 2. The molecular weight excluding hydrogens is 371 g/mol. The maximum Gasteiger partial charge on any atom is 3.00 e. The molecule has 0 unspecified atom stereocenters. The van der Waals surface area contributed by atoms with Crippen LogP contribution in [0.15, 0.2) is 0 Å². The first-order valence-corrected chi connectivity index (χ1v) is 6.68. The minimum atomic E-state index is -5.68. The van der Waals surface area contributed by atoms with Crippen LogP contribution < -0.4 is 83.6 Å². The number of phosphoric acid groups is 3. The Balaban J connectivity index is -0.0000000533. The summed E-state index contributed by atoms with van der Waals surface area (Å²) in [5, 5.41) is 0. The van der Waals surface area contributed by atoms with E-state index in [9.17, 15) is 28.7 Å². The molecule has 0 aliphatic rings. The van der Waals surface area contributed by atoms with Gasteiger partial charge in [0.05, 0.1) is 15.6 Å². The van der Waals surface area contributed by atoms with Crippen molar-refractivity contribution in [1.82, 2.24) is 0 Å². The second-order valence-electron chi connectivity index (χ2n) is 1.47. The van der Waals surface area contributed by atoms with Crippen LogP contribution in [0.25, 0.3) is 0 Å². The molecule has 0 heterocycles. The Morgan fingerprint density at radius 3 is 0.882 bits per heavy atom. The van der Waals surface area contributed by atoms with E-state index in [1.54, 1.807) is 0 Å². The zero-order valence-electron chi connectivity index (χ0n) is 8.26. The van der Waals surface area contributed by atoms with E-state index in [0.29, 0.717) is 0 Å². The summed E-state index contributed by atoms with van der Waals surface area (Å²) in [5.41, 5.74) is 0. The van der Waals surface area contributed by atoms with Gasteiger partial charge in [0.1, 0.15) is 0 Å². The molecule has 17 heteroatoms. The Morgan fingerprint density at radius 1 is 0.765 bits per heavy atom. The molecule has 0 aliphatic heterocycles. The second kappa shape index (κ2) is 12.6. The summed E-state index contributed by atoms with van der Waals surface area (Å²) in [4.78, 5) is 60.2. The molecule has 0 spiro atoms. The molecule has 0 aliphatic carbocycles. The monoisotopic (exact) mass is 373 g/mol. The van der Waals surface area contributed by atoms with Crippen LogP contribution in [-0.4, -0.2) is 9.79 Å². The van der Waals surface area contributed by atoms with E-state index in [0.717, 1.165) is 0 Å².